The Morgan fingerprint density at radius 2 is 1.68 bits per heavy atom. The van der Waals surface area contributed by atoms with Crippen molar-refractivity contribution in [3.05, 3.63) is 71.0 Å². The maximum Gasteiger partial charge on any atom is 0.147 e. The average molecular weight is 296 g/mol. The molecule has 1 atom stereocenters. The molecule has 1 aliphatic carbocycles. The van der Waals surface area contributed by atoms with Crippen LogP contribution in [0, 0.1) is 12.7 Å². The van der Waals surface area contributed by atoms with Crippen LogP contribution in [-0.2, 0) is 10.2 Å². The van der Waals surface area contributed by atoms with E-state index in [2.05, 4.69) is 0 Å². The summed E-state index contributed by atoms with van der Waals surface area (Å²) in [7, 11) is 0. The first-order valence-corrected chi connectivity index (χ1v) is 8.00. The van der Waals surface area contributed by atoms with Crippen LogP contribution in [0.15, 0.2) is 48.5 Å². The third-order valence-electron chi connectivity index (χ3n) is 4.81. The number of carbonyl (C=O) groups is 1. The number of hydrogen-bond donors (Lipinski definition) is 0. The molecule has 0 bridgehead atoms. The average Bonchev–Trinajstić information content (AvgIpc) is 2.71. The number of ketones is 1. The topological polar surface area (TPSA) is 17.1 Å². The summed E-state index contributed by atoms with van der Waals surface area (Å²) in [6, 6.07) is 14.7. The number of hydrogen-bond acceptors (Lipinski definition) is 1. The Balaban J connectivity index is 2.23. The zero-order chi connectivity index (χ0) is 15.6. The Labute approximate surface area is 131 Å². The molecule has 0 N–H and O–H groups in total. The molecule has 3 rings (SSSR count). The van der Waals surface area contributed by atoms with E-state index in [1.807, 2.05) is 37.3 Å². The van der Waals surface area contributed by atoms with Crippen molar-refractivity contribution in [2.75, 3.05) is 0 Å². The van der Waals surface area contributed by atoms with Gasteiger partial charge in [0.2, 0.25) is 0 Å². The van der Waals surface area contributed by atoms with Crippen LogP contribution in [0.1, 0.15) is 48.8 Å². The summed E-state index contributed by atoms with van der Waals surface area (Å²) >= 11 is 0. The molecule has 1 saturated carbocycles. The molecule has 1 aliphatic rings. The highest BCUT2D eigenvalue weighted by molar-refractivity contribution is 5.94. The highest BCUT2D eigenvalue weighted by atomic mass is 19.1. The molecule has 0 spiro atoms. The molecule has 1 nitrogen and oxygen atoms in total. The van der Waals surface area contributed by atoms with Crippen LogP contribution < -0.4 is 0 Å². The van der Waals surface area contributed by atoms with Crippen molar-refractivity contribution in [3.63, 3.8) is 0 Å². The number of halogens is 1. The summed E-state index contributed by atoms with van der Waals surface area (Å²) in [6.07, 6.45) is 4.11. The molecule has 2 aromatic rings. The molecule has 1 unspecified atom stereocenters. The zero-order valence-electron chi connectivity index (χ0n) is 12.9. The van der Waals surface area contributed by atoms with Gasteiger partial charge < -0.3 is 0 Å². The molecular weight excluding hydrogens is 275 g/mol. The van der Waals surface area contributed by atoms with E-state index in [0.717, 1.165) is 30.4 Å². The van der Waals surface area contributed by atoms with Gasteiger partial charge in [0, 0.05) is 12.0 Å². The Hall–Kier alpha value is -1.96. The third-order valence-corrected chi connectivity index (χ3v) is 4.81. The summed E-state index contributed by atoms with van der Waals surface area (Å²) in [5, 5.41) is 0. The molecule has 0 saturated heterocycles. The maximum atomic E-state index is 14.5. The van der Waals surface area contributed by atoms with E-state index in [1.54, 1.807) is 12.1 Å². The van der Waals surface area contributed by atoms with Gasteiger partial charge in [0.1, 0.15) is 11.6 Å². The molecule has 22 heavy (non-hydrogen) atoms. The van der Waals surface area contributed by atoms with Gasteiger partial charge in [-0.25, -0.2) is 4.39 Å². The fraction of sp³-hybridized carbons (Fsp3) is 0.350. The smallest absolute Gasteiger partial charge is 0.147 e. The van der Waals surface area contributed by atoms with Crippen molar-refractivity contribution < 1.29 is 9.18 Å². The van der Waals surface area contributed by atoms with Gasteiger partial charge >= 0.3 is 0 Å². The fourth-order valence-electron chi connectivity index (χ4n) is 3.60. The summed E-state index contributed by atoms with van der Waals surface area (Å²) in [5.74, 6) is -0.128. The molecule has 0 radical (unpaired) electrons. The summed E-state index contributed by atoms with van der Waals surface area (Å²) in [4.78, 5) is 13.0. The second-order valence-electron chi connectivity index (χ2n) is 6.24. The minimum absolute atomic E-state index is 0.152. The van der Waals surface area contributed by atoms with Crippen molar-refractivity contribution in [3.8, 4) is 0 Å². The number of rotatable bonds is 2. The van der Waals surface area contributed by atoms with Gasteiger partial charge in [-0.3, -0.25) is 4.79 Å². The number of carbonyl (C=O) groups excluding carboxylic acids is 1. The van der Waals surface area contributed by atoms with E-state index in [0.29, 0.717) is 18.4 Å². The van der Waals surface area contributed by atoms with Crippen molar-refractivity contribution in [2.24, 2.45) is 0 Å². The molecule has 0 aromatic heterocycles. The van der Waals surface area contributed by atoms with Crippen molar-refractivity contribution in [1.82, 2.24) is 0 Å². The molecule has 2 heteroatoms. The maximum absolute atomic E-state index is 14.5. The van der Waals surface area contributed by atoms with E-state index < -0.39 is 5.41 Å². The number of aryl methyl sites for hydroxylation is 1. The van der Waals surface area contributed by atoms with Gasteiger partial charge in [-0.1, -0.05) is 60.9 Å². The quantitative estimate of drug-likeness (QED) is 0.716. The first-order chi connectivity index (χ1) is 10.6. The predicted molar refractivity (Wildman–Crippen MR) is 86.5 cm³/mol. The lowest BCUT2D eigenvalue weighted by Gasteiger charge is -2.33. The Bertz CT molecular complexity index is 674. The van der Waals surface area contributed by atoms with Crippen LogP contribution >= 0.6 is 0 Å². The van der Waals surface area contributed by atoms with Gasteiger partial charge in [0.25, 0.3) is 0 Å². The minimum Gasteiger partial charge on any atom is -0.298 e. The van der Waals surface area contributed by atoms with Crippen LogP contribution in [0.2, 0.25) is 0 Å². The summed E-state index contributed by atoms with van der Waals surface area (Å²) < 4.78 is 14.5. The Kier molecular flexibility index (Phi) is 4.10. The SMILES string of the molecule is Cc1ccc(C2(c3ccccc3F)CCCCCC2=O)cc1. The lowest BCUT2D eigenvalue weighted by atomic mass is 9.68. The van der Waals surface area contributed by atoms with Crippen LogP contribution in [0.25, 0.3) is 0 Å². The molecule has 1 fully saturated rings. The molecule has 0 aliphatic heterocycles. The lowest BCUT2D eigenvalue weighted by molar-refractivity contribution is -0.123. The first kappa shape index (κ1) is 15.0. The van der Waals surface area contributed by atoms with Crippen molar-refractivity contribution in [2.45, 2.75) is 44.4 Å². The normalized spacial score (nSPS) is 22.4. The molecule has 0 amide bonds. The van der Waals surface area contributed by atoms with Gasteiger partial charge in [-0.15, -0.1) is 0 Å². The van der Waals surface area contributed by atoms with Gasteiger partial charge in [0.05, 0.1) is 5.41 Å². The van der Waals surface area contributed by atoms with E-state index in [-0.39, 0.29) is 11.6 Å². The minimum atomic E-state index is -0.824. The van der Waals surface area contributed by atoms with Crippen LogP contribution in [0.5, 0.6) is 0 Å². The summed E-state index contributed by atoms with van der Waals surface area (Å²) in [6.45, 7) is 2.02. The fourth-order valence-corrected chi connectivity index (χ4v) is 3.60. The molecule has 2 aromatic carbocycles. The highest BCUT2D eigenvalue weighted by Crippen LogP contribution is 2.42. The lowest BCUT2D eigenvalue weighted by Crippen LogP contribution is -2.37. The Morgan fingerprint density at radius 3 is 2.41 bits per heavy atom. The monoisotopic (exact) mass is 296 g/mol. The zero-order valence-corrected chi connectivity index (χ0v) is 12.9. The molecule has 0 heterocycles. The highest BCUT2D eigenvalue weighted by Gasteiger charge is 2.43. The van der Waals surface area contributed by atoms with Crippen LogP contribution in [-0.4, -0.2) is 5.78 Å². The van der Waals surface area contributed by atoms with Crippen molar-refractivity contribution in [1.29, 1.82) is 0 Å². The van der Waals surface area contributed by atoms with E-state index in [4.69, 9.17) is 0 Å². The third kappa shape index (κ3) is 2.47. The van der Waals surface area contributed by atoms with Crippen LogP contribution in [0.3, 0.4) is 0 Å². The van der Waals surface area contributed by atoms with Crippen molar-refractivity contribution >= 4 is 5.78 Å². The summed E-state index contributed by atoms with van der Waals surface area (Å²) in [5.41, 5.74) is 1.78. The van der Waals surface area contributed by atoms with Crippen LogP contribution in [0.4, 0.5) is 4.39 Å². The first-order valence-electron chi connectivity index (χ1n) is 8.00. The predicted octanol–water partition coefficient (Wildman–Crippen LogP) is 4.95. The number of Topliss-reactive ketones (excluding diaryl/α,β-unsaturated/α-hetero) is 1. The van der Waals surface area contributed by atoms with E-state index in [1.165, 1.54) is 6.07 Å². The van der Waals surface area contributed by atoms with E-state index >= 15 is 0 Å². The number of benzene rings is 2. The van der Waals surface area contributed by atoms with Gasteiger partial charge in [-0.05, 0) is 31.4 Å². The van der Waals surface area contributed by atoms with E-state index in [9.17, 15) is 9.18 Å². The standard InChI is InChI=1S/C20H21FO/c1-15-10-12-16(13-11-15)20(14-6-2-3-9-19(20)22)17-7-4-5-8-18(17)21/h4-5,7-8,10-13H,2-3,6,9,14H2,1H3. The Morgan fingerprint density at radius 1 is 0.955 bits per heavy atom. The van der Waals surface area contributed by atoms with Gasteiger partial charge in [-0.2, -0.15) is 0 Å². The molecule has 114 valence electrons. The second kappa shape index (κ2) is 6.04. The molecular formula is C20H21FO. The second-order valence-corrected chi connectivity index (χ2v) is 6.24. The largest absolute Gasteiger partial charge is 0.298 e. The van der Waals surface area contributed by atoms with Gasteiger partial charge in [0.15, 0.2) is 0 Å².